The first-order chi connectivity index (χ1) is 9.34. The van der Waals surface area contributed by atoms with Gasteiger partial charge in [-0.15, -0.1) is 0 Å². The fraction of sp³-hybridized carbons (Fsp3) is 0. The summed E-state index contributed by atoms with van der Waals surface area (Å²) in [6, 6.07) is 2.76. The summed E-state index contributed by atoms with van der Waals surface area (Å²) in [5.74, 6) is -10.3. The second-order valence-corrected chi connectivity index (χ2v) is 3.82. The SMILES string of the molecule is N=C(c1cc(F)c(F)c(F)c1F)c1c(F)cccc1F. The molecule has 0 spiro atoms. The Bertz CT molecular complexity index is 690. The summed E-state index contributed by atoms with van der Waals surface area (Å²) in [5, 5.41) is 7.48. The van der Waals surface area contributed by atoms with Crippen LogP contribution in [0.1, 0.15) is 11.1 Å². The van der Waals surface area contributed by atoms with E-state index in [2.05, 4.69) is 0 Å². The monoisotopic (exact) mass is 289 g/mol. The molecule has 0 aromatic heterocycles. The standard InChI is InChI=1S/C13H5F6N/c14-6-2-1-3-7(15)9(6)13(20)5-4-8(16)11(18)12(19)10(5)17/h1-4,20H. The van der Waals surface area contributed by atoms with Crippen molar-refractivity contribution in [2.75, 3.05) is 0 Å². The number of benzene rings is 2. The van der Waals surface area contributed by atoms with Gasteiger partial charge in [-0.3, -0.25) is 5.41 Å². The lowest BCUT2D eigenvalue weighted by Crippen LogP contribution is -2.12. The number of hydrogen-bond acceptors (Lipinski definition) is 1. The van der Waals surface area contributed by atoms with E-state index in [1.54, 1.807) is 0 Å². The van der Waals surface area contributed by atoms with Crippen molar-refractivity contribution in [1.82, 2.24) is 0 Å². The zero-order chi connectivity index (χ0) is 15.0. The highest BCUT2D eigenvalue weighted by atomic mass is 19.2. The second-order valence-electron chi connectivity index (χ2n) is 3.82. The number of nitrogens with one attached hydrogen (secondary N) is 1. The average Bonchev–Trinajstić information content (AvgIpc) is 2.40. The van der Waals surface area contributed by atoms with E-state index in [1.165, 1.54) is 0 Å². The van der Waals surface area contributed by atoms with Gasteiger partial charge in [0.15, 0.2) is 23.3 Å². The van der Waals surface area contributed by atoms with Crippen molar-refractivity contribution in [1.29, 1.82) is 5.41 Å². The van der Waals surface area contributed by atoms with Gasteiger partial charge in [-0.2, -0.15) is 0 Å². The minimum Gasteiger partial charge on any atom is -0.299 e. The molecule has 0 radical (unpaired) electrons. The lowest BCUT2D eigenvalue weighted by Gasteiger charge is -2.09. The van der Waals surface area contributed by atoms with Gasteiger partial charge in [-0.25, -0.2) is 26.3 Å². The van der Waals surface area contributed by atoms with Gasteiger partial charge in [0.1, 0.15) is 11.6 Å². The Labute approximate surface area is 109 Å². The molecule has 0 saturated carbocycles. The summed E-state index contributed by atoms with van der Waals surface area (Å²) < 4.78 is 79.2. The maximum Gasteiger partial charge on any atom is 0.198 e. The smallest absolute Gasteiger partial charge is 0.198 e. The third kappa shape index (κ3) is 2.15. The Kier molecular flexibility index (Phi) is 3.52. The van der Waals surface area contributed by atoms with Crippen LogP contribution >= 0.6 is 0 Å². The van der Waals surface area contributed by atoms with E-state index in [1.807, 2.05) is 0 Å². The molecule has 0 aliphatic rings. The fourth-order valence-electron chi connectivity index (χ4n) is 1.63. The molecule has 0 unspecified atom stereocenters. The Morgan fingerprint density at radius 3 is 1.85 bits per heavy atom. The minimum absolute atomic E-state index is 0.169. The van der Waals surface area contributed by atoms with Crippen LogP contribution in [-0.4, -0.2) is 5.71 Å². The van der Waals surface area contributed by atoms with E-state index in [0.29, 0.717) is 0 Å². The highest BCUT2D eigenvalue weighted by molar-refractivity contribution is 6.11. The lowest BCUT2D eigenvalue weighted by molar-refractivity contribution is 0.408. The van der Waals surface area contributed by atoms with Crippen LogP contribution < -0.4 is 0 Å². The Hall–Kier alpha value is -2.31. The van der Waals surface area contributed by atoms with E-state index >= 15 is 0 Å². The molecule has 2 aromatic carbocycles. The van der Waals surface area contributed by atoms with E-state index in [-0.39, 0.29) is 6.07 Å². The molecule has 1 N–H and O–H groups in total. The first kappa shape index (κ1) is 14.1. The molecule has 0 atom stereocenters. The molecule has 0 fully saturated rings. The summed E-state index contributed by atoms with van der Waals surface area (Å²) in [4.78, 5) is 0. The maximum absolute atomic E-state index is 13.5. The first-order valence-electron chi connectivity index (χ1n) is 5.21. The van der Waals surface area contributed by atoms with E-state index in [9.17, 15) is 26.3 Å². The molecule has 7 heteroatoms. The summed E-state index contributed by atoms with van der Waals surface area (Å²) in [5.41, 5.74) is -3.17. The molecule has 0 bridgehead atoms. The Balaban J connectivity index is 2.66. The summed E-state index contributed by atoms with van der Waals surface area (Å²) >= 11 is 0. The Morgan fingerprint density at radius 2 is 1.30 bits per heavy atom. The molecular weight excluding hydrogens is 284 g/mol. The first-order valence-corrected chi connectivity index (χ1v) is 5.21. The van der Waals surface area contributed by atoms with Gasteiger partial charge < -0.3 is 0 Å². The molecule has 0 aliphatic carbocycles. The topological polar surface area (TPSA) is 23.9 Å². The second kappa shape index (κ2) is 4.99. The van der Waals surface area contributed by atoms with Crippen molar-refractivity contribution in [3.63, 3.8) is 0 Å². The Morgan fingerprint density at radius 1 is 0.750 bits per heavy atom. The molecule has 0 heterocycles. The van der Waals surface area contributed by atoms with Crippen molar-refractivity contribution in [2.45, 2.75) is 0 Å². The maximum atomic E-state index is 13.5. The quantitative estimate of drug-likeness (QED) is 0.375. The van der Waals surface area contributed by atoms with E-state index in [0.717, 1.165) is 18.2 Å². The van der Waals surface area contributed by atoms with Crippen LogP contribution in [0.15, 0.2) is 24.3 Å². The van der Waals surface area contributed by atoms with Crippen molar-refractivity contribution in [2.24, 2.45) is 0 Å². The van der Waals surface area contributed by atoms with Crippen LogP contribution in [0, 0.1) is 40.3 Å². The third-order valence-electron chi connectivity index (χ3n) is 2.58. The molecule has 20 heavy (non-hydrogen) atoms. The average molecular weight is 289 g/mol. The highest BCUT2D eigenvalue weighted by Gasteiger charge is 2.24. The van der Waals surface area contributed by atoms with E-state index < -0.39 is 51.7 Å². The summed E-state index contributed by atoms with van der Waals surface area (Å²) in [6.07, 6.45) is 0. The van der Waals surface area contributed by atoms with Crippen LogP contribution in [0.25, 0.3) is 0 Å². The van der Waals surface area contributed by atoms with Crippen molar-refractivity contribution in [3.05, 3.63) is 70.3 Å². The van der Waals surface area contributed by atoms with Gasteiger partial charge in [-0.05, 0) is 18.2 Å². The van der Waals surface area contributed by atoms with Gasteiger partial charge in [0.25, 0.3) is 0 Å². The zero-order valence-electron chi connectivity index (χ0n) is 9.58. The normalized spacial score (nSPS) is 10.7. The van der Waals surface area contributed by atoms with Gasteiger partial charge in [0, 0.05) is 5.56 Å². The minimum atomic E-state index is -2.15. The van der Waals surface area contributed by atoms with Gasteiger partial charge in [-0.1, -0.05) is 6.07 Å². The van der Waals surface area contributed by atoms with Crippen molar-refractivity contribution < 1.29 is 26.3 Å². The zero-order valence-corrected chi connectivity index (χ0v) is 9.58. The molecule has 0 saturated heterocycles. The lowest BCUT2D eigenvalue weighted by atomic mass is 10.0. The van der Waals surface area contributed by atoms with Gasteiger partial charge in [0.05, 0.1) is 11.3 Å². The molecule has 0 aliphatic heterocycles. The molecule has 2 rings (SSSR count). The third-order valence-corrected chi connectivity index (χ3v) is 2.58. The van der Waals surface area contributed by atoms with Crippen molar-refractivity contribution in [3.8, 4) is 0 Å². The predicted octanol–water partition coefficient (Wildman–Crippen LogP) is 3.94. The largest absolute Gasteiger partial charge is 0.299 e. The molecule has 0 amide bonds. The molecule has 1 nitrogen and oxygen atoms in total. The van der Waals surface area contributed by atoms with Crippen molar-refractivity contribution >= 4 is 5.71 Å². The highest BCUT2D eigenvalue weighted by Crippen LogP contribution is 2.23. The van der Waals surface area contributed by atoms with Gasteiger partial charge >= 0.3 is 0 Å². The van der Waals surface area contributed by atoms with Gasteiger partial charge in [0.2, 0.25) is 0 Å². The van der Waals surface area contributed by atoms with Crippen LogP contribution in [0.4, 0.5) is 26.3 Å². The van der Waals surface area contributed by atoms with Crippen LogP contribution in [-0.2, 0) is 0 Å². The predicted molar refractivity (Wildman–Crippen MR) is 58.6 cm³/mol. The molecule has 2 aromatic rings. The summed E-state index contributed by atoms with van der Waals surface area (Å²) in [6.45, 7) is 0. The van der Waals surface area contributed by atoms with Crippen LogP contribution in [0.2, 0.25) is 0 Å². The number of halogens is 6. The number of rotatable bonds is 2. The van der Waals surface area contributed by atoms with Crippen LogP contribution in [0.5, 0.6) is 0 Å². The fourth-order valence-corrected chi connectivity index (χ4v) is 1.63. The summed E-state index contributed by atoms with van der Waals surface area (Å²) in [7, 11) is 0. The molecule has 104 valence electrons. The van der Waals surface area contributed by atoms with Crippen LogP contribution in [0.3, 0.4) is 0 Å². The molecular formula is C13H5F6N. The number of hydrogen-bond donors (Lipinski definition) is 1. The van der Waals surface area contributed by atoms with E-state index in [4.69, 9.17) is 5.41 Å².